The summed E-state index contributed by atoms with van der Waals surface area (Å²) in [7, 11) is 0. The number of nitrogens with zero attached hydrogens (tertiary/aromatic N) is 3. The van der Waals surface area contributed by atoms with E-state index in [1.165, 1.54) is 0 Å². The number of rotatable bonds is 9. The highest BCUT2D eigenvalue weighted by Crippen LogP contribution is 2.14. The molecule has 0 unspecified atom stereocenters. The van der Waals surface area contributed by atoms with Crippen molar-refractivity contribution in [1.82, 2.24) is 20.1 Å². The Morgan fingerprint density at radius 3 is 2.89 bits per heavy atom. The lowest BCUT2D eigenvalue weighted by atomic mass is 10.4. The number of nitrogens with one attached hydrogen (secondary N) is 1. The number of aryl methyl sites for hydroxylation is 1. The second-order valence-corrected chi connectivity index (χ2v) is 4.12. The van der Waals surface area contributed by atoms with Gasteiger partial charge in [0.05, 0.1) is 6.54 Å². The van der Waals surface area contributed by atoms with Crippen LogP contribution in [0.25, 0.3) is 0 Å². The predicted octanol–water partition coefficient (Wildman–Crippen LogP) is 1.75. The fourth-order valence-corrected chi connectivity index (χ4v) is 1.42. The normalized spacial score (nSPS) is 12.0. The van der Waals surface area contributed by atoms with Gasteiger partial charge in [0.2, 0.25) is 0 Å². The topological polar surface area (TPSA) is 52.0 Å². The van der Waals surface area contributed by atoms with Crippen LogP contribution in [0.2, 0.25) is 0 Å². The van der Waals surface area contributed by atoms with Crippen LogP contribution in [-0.4, -0.2) is 40.7 Å². The fourth-order valence-electron chi connectivity index (χ4n) is 1.42. The Hall–Kier alpha value is -1.15. The Bertz CT molecular complexity index is 354. The van der Waals surface area contributed by atoms with Gasteiger partial charge in [0.15, 0.2) is 5.82 Å². The van der Waals surface area contributed by atoms with Crippen molar-refractivity contribution in [3.05, 3.63) is 12.2 Å². The summed E-state index contributed by atoms with van der Waals surface area (Å²) in [5.74, 6) is 0.685. The lowest BCUT2D eigenvalue weighted by Gasteiger charge is -2.07. The van der Waals surface area contributed by atoms with Crippen molar-refractivity contribution in [1.29, 1.82) is 0 Å². The Balaban J connectivity index is 2.12. The van der Waals surface area contributed by atoms with Crippen LogP contribution < -0.4 is 5.32 Å². The largest absolute Gasteiger partial charge is 0.411 e. The Morgan fingerprint density at radius 2 is 2.21 bits per heavy atom. The Labute approximate surface area is 110 Å². The molecular formula is C11H19F3N4O. The molecule has 0 radical (unpaired) electrons. The van der Waals surface area contributed by atoms with Crippen molar-refractivity contribution in [3.8, 4) is 0 Å². The number of ether oxygens (including phenoxy) is 1. The molecule has 0 atom stereocenters. The summed E-state index contributed by atoms with van der Waals surface area (Å²) < 4.78 is 41.5. The highest BCUT2D eigenvalue weighted by molar-refractivity contribution is 4.80. The molecule has 8 heteroatoms. The van der Waals surface area contributed by atoms with Crippen molar-refractivity contribution in [2.75, 3.05) is 19.8 Å². The van der Waals surface area contributed by atoms with Gasteiger partial charge < -0.3 is 10.1 Å². The number of halogens is 3. The second kappa shape index (κ2) is 8.11. The molecule has 1 aromatic heterocycles. The molecule has 1 aromatic rings. The fraction of sp³-hybridized carbons (Fsp3) is 0.818. The average Bonchev–Trinajstić information content (AvgIpc) is 2.75. The molecular weight excluding hydrogens is 261 g/mol. The van der Waals surface area contributed by atoms with Gasteiger partial charge in [0, 0.05) is 13.2 Å². The molecule has 0 aliphatic carbocycles. The molecule has 0 bridgehead atoms. The van der Waals surface area contributed by atoms with Crippen LogP contribution in [0.1, 0.15) is 25.6 Å². The minimum atomic E-state index is -4.26. The zero-order valence-electron chi connectivity index (χ0n) is 10.9. The van der Waals surface area contributed by atoms with Gasteiger partial charge in [-0.1, -0.05) is 6.92 Å². The maximum absolute atomic E-state index is 11.8. The summed E-state index contributed by atoms with van der Waals surface area (Å²) in [5.41, 5.74) is 0. The minimum absolute atomic E-state index is 0.0583. The number of hydrogen-bond acceptors (Lipinski definition) is 4. The smallest absolute Gasteiger partial charge is 0.372 e. The molecule has 0 saturated heterocycles. The van der Waals surface area contributed by atoms with E-state index < -0.39 is 12.8 Å². The van der Waals surface area contributed by atoms with E-state index in [-0.39, 0.29) is 6.61 Å². The summed E-state index contributed by atoms with van der Waals surface area (Å²) in [6, 6.07) is 0. The maximum atomic E-state index is 11.8. The summed E-state index contributed by atoms with van der Waals surface area (Å²) in [6.45, 7) is 2.93. The van der Waals surface area contributed by atoms with Gasteiger partial charge in [-0.05, 0) is 19.4 Å². The standard InChI is InChI=1S/C11H19F3N4O/c1-2-4-15-7-10-16-9-18(17-10)5-3-6-19-8-11(12,13)14/h9,15H,2-8H2,1H3. The molecule has 0 amide bonds. The highest BCUT2D eigenvalue weighted by atomic mass is 19.4. The van der Waals surface area contributed by atoms with E-state index in [9.17, 15) is 13.2 Å². The molecule has 0 aliphatic heterocycles. The Morgan fingerprint density at radius 1 is 1.42 bits per heavy atom. The first-order valence-corrected chi connectivity index (χ1v) is 6.25. The van der Waals surface area contributed by atoms with Crippen LogP contribution in [-0.2, 0) is 17.8 Å². The summed E-state index contributed by atoms with van der Waals surface area (Å²) in [5, 5.41) is 7.36. The number of aromatic nitrogens is 3. The van der Waals surface area contributed by atoms with Gasteiger partial charge in [-0.15, -0.1) is 0 Å². The van der Waals surface area contributed by atoms with Crippen LogP contribution >= 0.6 is 0 Å². The number of alkyl halides is 3. The quantitative estimate of drug-likeness (QED) is 0.700. The van der Waals surface area contributed by atoms with Crippen LogP contribution in [0.15, 0.2) is 6.33 Å². The van der Waals surface area contributed by atoms with Crippen LogP contribution in [0.4, 0.5) is 13.2 Å². The third kappa shape index (κ3) is 7.78. The summed E-state index contributed by atoms with van der Waals surface area (Å²) >= 11 is 0. The van der Waals surface area contributed by atoms with Gasteiger partial charge in [0.1, 0.15) is 12.9 Å². The predicted molar refractivity (Wildman–Crippen MR) is 63.5 cm³/mol. The van der Waals surface area contributed by atoms with E-state index >= 15 is 0 Å². The van der Waals surface area contributed by atoms with Crippen molar-refractivity contribution in [2.24, 2.45) is 0 Å². The molecule has 0 aliphatic rings. The molecule has 5 nitrogen and oxygen atoms in total. The Kier molecular flexibility index (Phi) is 6.79. The van der Waals surface area contributed by atoms with Crippen LogP contribution in [0.5, 0.6) is 0 Å². The monoisotopic (exact) mass is 280 g/mol. The van der Waals surface area contributed by atoms with Crippen molar-refractivity contribution in [3.63, 3.8) is 0 Å². The first-order valence-electron chi connectivity index (χ1n) is 6.25. The van der Waals surface area contributed by atoms with Gasteiger partial charge in [-0.25, -0.2) is 4.98 Å². The van der Waals surface area contributed by atoms with E-state index in [0.717, 1.165) is 13.0 Å². The first kappa shape index (κ1) is 15.9. The van der Waals surface area contributed by atoms with E-state index in [1.807, 2.05) is 0 Å². The average molecular weight is 280 g/mol. The molecule has 0 saturated carbocycles. The molecule has 1 heterocycles. The van der Waals surface area contributed by atoms with Crippen molar-refractivity contribution in [2.45, 2.75) is 39.0 Å². The SMILES string of the molecule is CCCNCc1ncn(CCCOCC(F)(F)F)n1. The minimum Gasteiger partial charge on any atom is -0.372 e. The molecule has 0 fully saturated rings. The summed E-state index contributed by atoms with van der Waals surface area (Å²) in [6.07, 6.45) is -1.17. The van der Waals surface area contributed by atoms with Gasteiger partial charge >= 0.3 is 6.18 Å². The first-order chi connectivity index (χ1) is 9.01. The molecule has 0 aromatic carbocycles. The highest BCUT2D eigenvalue weighted by Gasteiger charge is 2.27. The van der Waals surface area contributed by atoms with E-state index in [0.29, 0.717) is 25.3 Å². The third-order valence-electron chi connectivity index (χ3n) is 2.24. The van der Waals surface area contributed by atoms with Crippen molar-refractivity contribution < 1.29 is 17.9 Å². The molecule has 1 rings (SSSR count). The van der Waals surface area contributed by atoms with Gasteiger partial charge in [-0.3, -0.25) is 4.68 Å². The zero-order valence-corrected chi connectivity index (χ0v) is 10.9. The van der Waals surface area contributed by atoms with E-state index in [1.54, 1.807) is 11.0 Å². The number of hydrogen-bond donors (Lipinski definition) is 1. The molecule has 110 valence electrons. The van der Waals surface area contributed by atoms with E-state index in [2.05, 4.69) is 27.1 Å². The maximum Gasteiger partial charge on any atom is 0.411 e. The lowest BCUT2D eigenvalue weighted by Crippen LogP contribution is -2.18. The molecule has 1 N–H and O–H groups in total. The van der Waals surface area contributed by atoms with Crippen LogP contribution in [0, 0.1) is 0 Å². The third-order valence-corrected chi connectivity index (χ3v) is 2.24. The lowest BCUT2D eigenvalue weighted by molar-refractivity contribution is -0.174. The van der Waals surface area contributed by atoms with Gasteiger partial charge in [0.25, 0.3) is 0 Å². The van der Waals surface area contributed by atoms with Crippen LogP contribution in [0.3, 0.4) is 0 Å². The second-order valence-electron chi connectivity index (χ2n) is 4.12. The van der Waals surface area contributed by atoms with E-state index in [4.69, 9.17) is 0 Å². The van der Waals surface area contributed by atoms with Gasteiger partial charge in [-0.2, -0.15) is 18.3 Å². The zero-order chi connectivity index (χ0) is 14.1. The van der Waals surface area contributed by atoms with Crippen molar-refractivity contribution >= 4 is 0 Å². The summed E-state index contributed by atoms with van der Waals surface area (Å²) in [4.78, 5) is 4.09. The molecule has 0 spiro atoms. The molecule has 19 heavy (non-hydrogen) atoms.